The van der Waals surface area contributed by atoms with Gasteiger partial charge in [0.25, 0.3) is 0 Å². The summed E-state index contributed by atoms with van der Waals surface area (Å²) in [6.07, 6.45) is 25.0. The lowest BCUT2D eigenvalue weighted by atomic mass is 10.00. The molecule has 0 aliphatic rings. The van der Waals surface area contributed by atoms with Gasteiger partial charge < -0.3 is 5.11 Å². The van der Waals surface area contributed by atoms with Crippen LogP contribution in [0, 0.1) is 0 Å². The van der Waals surface area contributed by atoms with E-state index in [1.807, 2.05) is 12.1 Å². The van der Waals surface area contributed by atoms with E-state index < -0.39 is 0 Å². The molecule has 0 unspecified atom stereocenters. The van der Waals surface area contributed by atoms with Gasteiger partial charge in [-0.05, 0) is 24.5 Å². The van der Waals surface area contributed by atoms with Gasteiger partial charge in [-0.3, -0.25) is 4.79 Å². The number of hydrogen-bond acceptors (Lipinski definition) is 2. The minimum Gasteiger partial charge on any atom is -0.507 e. The molecule has 0 aromatic heterocycles. The Morgan fingerprint density at radius 2 is 1.11 bits per heavy atom. The quantitative estimate of drug-likeness (QED) is 0.191. The lowest BCUT2D eigenvalue weighted by Gasteiger charge is -2.06. The predicted octanol–water partition coefficient (Wildman–Crippen LogP) is 8.40. The molecule has 0 fully saturated rings. The van der Waals surface area contributed by atoms with E-state index in [0.717, 1.165) is 24.7 Å². The summed E-state index contributed by atoms with van der Waals surface area (Å²) in [6, 6.07) is 5.36. The second-order valence-corrected chi connectivity index (χ2v) is 8.37. The summed E-state index contributed by atoms with van der Waals surface area (Å²) in [6.45, 7) is 2.28. The standard InChI is InChI=1S/C26H44O2/c1-2-3-4-5-6-7-8-9-10-11-12-13-14-15-16-17-18-20-24-21-19-22-26(28)25(24)23-27/h19,21-23,28H,2-18,20H2,1H3. The first-order valence-electron chi connectivity index (χ1n) is 12.1. The average molecular weight is 389 g/mol. The minimum absolute atomic E-state index is 0.111. The molecular weight excluding hydrogens is 344 g/mol. The Morgan fingerprint density at radius 1 is 0.679 bits per heavy atom. The van der Waals surface area contributed by atoms with Gasteiger partial charge in [0.05, 0.1) is 5.56 Å². The Kier molecular flexibility index (Phi) is 15.7. The van der Waals surface area contributed by atoms with Crippen LogP contribution in [0.1, 0.15) is 132 Å². The van der Waals surface area contributed by atoms with E-state index in [2.05, 4.69) is 6.92 Å². The fourth-order valence-corrected chi connectivity index (χ4v) is 3.99. The Morgan fingerprint density at radius 3 is 1.54 bits per heavy atom. The molecule has 28 heavy (non-hydrogen) atoms. The van der Waals surface area contributed by atoms with Crippen molar-refractivity contribution in [3.63, 3.8) is 0 Å². The zero-order valence-electron chi connectivity index (χ0n) is 18.4. The molecule has 0 saturated heterocycles. The summed E-state index contributed by atoms with van der Waals surface area (Å²) in [5, 5.41) is 9.70. The van der Waals surface area contributed by atoms with E-state index in [1.54, 1.807) is 6.07 Å². The number of benzene rings is 1. The first-order valence-corrected chi connectivity index (χ1v) is 12.1. The molecule has 160 valence electrons. The van der Waals surface area contributed by atoms with Crippen molar-refractivity contribution in [1.82, 2.24) is 0 Å². The molecule has 0 amide bonds. The number of rotatable bonds is 19. The van der Waals surface area contributed by atoms with Crippen molar-refractivity contribution >= 4 is 6.29 Å². The van der Waals surface area contributed by atoms with Gasteiger partial charge in [0.15, 0.2) is 6.29 Å². The summed E-state index contributed by atoms with van der Waals surface area (Å²) in [7, 11) is 0. The van der Waals surface area contributed by atoms with Gasteiger partial charge in [-0.15, -0.1) is 0 Å². The van der Waals surface area contributed by atoms with Gasteiger partial charge >= 0.3 is 0 Å². The fourth-order valence-electron chi connectivity index (χ4n) is 3.99. The first-order chi connectivity index (χ1) is 13.8. The third-order valence-electron chi connectivity index (χ3n) is 5.84. The van der Waals surface area contributed by atoms with E-state index in [4.69, 9.17) is 0 Å². The van der Waals surface area contributed by atoms with Crippen molar-refractivity contribution in [3.8, 4) is 5.75 Å². The highest BCUT2D eigenvalue weighted by Crippen LogP contribution is 2.21. The molecule has 0 aliphatic heterocycles. The van der Waals surface area contributed by atoms with Crippen LogP contribution in [0.2, 0.25) is 0 Å². The second kappa shape index (κ2) is 17.8. The number of unbranched alkanes of at least 4 members (excludes halogenated alkanes) is 16. The highest BCUT2D eigenvalue weighted by atomic mass is 16.3. The molecule has 0 aliphatic carbocycles. The summed E-state index contributed by atoms with van der Waals surface area (Å²) in [5.74, 6) is 0.111. The van der Waals surface area contributed by atoms with E-state index in [-0.39, 0.29) is 5.75 Å². The molecule has 0 spiro atoms. The van der Waals surface area contributed by atoms with Gasteiger partial charge in [0.2, 0.25) is 0 Å². The molecular formula is C26H44O2. The van der Waals surface area contributed by atoms with Crippen LogP contribution in [-0.4, -0.2) is 11.4 Å². The number of aldehydes is 1. The smallest absolute Gasteiger partial charge is 0.154 e. The summed E-state index contributed by atoms with van der Waals surface area (Å²) in [5.41, 5.74) is 1.45. The van der Waals surface area contributed by atoms with Gasteiger partial charge in [-0.2, -0.15) is 0 Å². The summed E-state index contributed by atoms with van der Waals surface area (Å²) >= 11 is 0. The van der Waals surface area contributed by atoms with Crippen molar-refractivity contribution in [2.24, 2.45) is 0 Å². The SMILES string of the molecule is CCCCCCCCCCCCCCCCCCCc1cccc(O)c1C=O. The molecule has 0 saturated carbocycles. The van der Waals surface area contributed by atoms with Crippen LogP contribution in [0.5, 0.6) is 5.75 Å². The normalized spacial score (nSPS) is 11.0. The van der Waals surface area contributed by atoms with E-state index in [9.17, 15) is 9.90 Å². The van der Waals surface area contributed by atoms with Gasteiger partial charge in [-0.25, -0.2) is 0 Å². The maximum atomic E-state index is 11.1. The number of phenolic OH excluding ortho intramolecular Hbond substituents is 1. The lowest BCUT2D eigenvalue weighted by molar-refractivity contribution is 0.112. The van der Waals surface area contributed by atoms with Gasteiger partial charge in [0.1, 0.15) is 5.75 Å². The Hall–Kier alpha value is -1.31. The number of carbonyl (C=O) groups excluding carboxylic acids is 1. The van der Waals surface area contributed by atoms with Crippen LogP contribution in [0.4, 0.5) is 0 Å². The molecule has 0 radical (unpaired) electrons. The maximum Gasteiger partial charge on any atom is 0.154 e. The van der Waals surface area contributed by atoms with E-state index in [0.29, 0.717) is 5.56 Å². The second-order valence-electron chi connectivity index (χ2n) is 8.37. The predicted molar refractivity (Wildman–Crippen MR) is 121 cm³/mol. The number of aryl methyl sites for hydroxylation is 1. The van der Waals surface area contributed by atoms with Gasteiger partial charge in [-0.1, -0.05) is 122 Å². The van der Waals surface area contributed by atoms with Crippen LogP contribution in [-0.2, 0) is 6.42 Å². The number of carbonyl (C=O) groups is 1. The summed E-state index contributed by atoms with van der Waals surface area (Å²) in [4.78, 5) is 11.1. The van der Waals surface area contributed by atoms with Crippen molar-refractivity contribution in [2.45, 2.75) is 122 Å². The molecule has 2 nitrogen and oxygen atoms in total. The first kappa shape index (κ1) is 24.7. The molecule has 0 bridgehead atoms. The zero-order valence-corrected chi connectivity index (χ0v) is 18.4. The van der Waals surface area contributed by atoms with Crippen LogP contribution >= 0.6 is 0 Å². The summed E-state index contributed by atoms with van der Waals surface area (Å²) < 4.78 is 0. The average Bonchev–Trinajstić information content (AvgIpc) is 2.70. The fraction of sp³-hybridized carbons (Fsp3) is 0.731. The highest BCUT2D eigenvalue weighted by molar-refractivity contribution is 5.81. The molecule has 1 aromatic carbocycles. The van der Waals surface area contributed by atoms with Gasteiger partial charge in [0, 0.05) is 0 Å². The monoisotopic (exact) mass is 388 g/mol. The number of hydrogen-bond donors (Lipinski definition) is 1. The molecule has 2 heteroatoms. The highest BCUT2D eigenvalue weighted by Gasteiger charge is 2.06. The topological polar surface area (TPSA) is 37.3 Å². The minimum atomic E-state index is 0.111. The third-order valence-corrected chi connectivity index (χ3v) is 5.84. The Labute approximate surface area is 174 Å². The zero-order chi connectivity index (χ0) is 20.3. The van der Waals surface area contributed by atoms with Crippen LogP contribution in [0.3, 0.4) is 0 Å². The maximum absolute atomic E-state index is 11.1. The molecule has 1 N–H and O–H groups in total. The Balaban J connectivity index is 1.84. The molecule has 0 atom stereocenters. The van der Waals surface area contributed by atoms with Crippen LogP contribution < -0.4 is 0 Å². The van der Waals surface area contributed by atoms with Crippen molar-refractivity contribution in [2.75, 3.05) is 0 Å². The van der Waals surface area contributed by atoms with Crippen LogP contribution in [0.15, 0.2) is 18.2 Å². The number of aromatic hydroxyl groups is 1. The van der Waals surface area contributed by atoms with Crippen molar-refractivity contribution in [3.05, 3.63) is 29.3 Å². The third kappa shape index (κ3) is 12.2. The molecule has 0 heterocycles. The number of phenols is 1. The van der Waals surface area contributed by atoms with E-state index in [1.165, 1.54) is 103 Å². The van der Waals surface area contributed by atoms with Crippen LogP contribution in [0.25, 0.3) is 0 Å². The van der Waals surface area contributed by atoms with Crippen molar-refractivity contribution < 1.29 is 9.90 Å². The molecule has 1 rings (SSSR count). The van der Waals surface area contributed by atoms with E-state index >= 15 is 0 Å². The lowest BCUT2D eigenvalue weighted by Crippen LogP contribution is -1.94. The largest absolute Gasteiger partial charge is 0.507 e. The van der Waals surface area contributed by atoms with Crippen molar-refractivity contribution in [1.29, 1.82) is 0 Å². The molecule has 1 aromatic rings. The Bertz CT molecular complexity index is 495.